The van der Waals surface area contributed by atoms with Crippen LogP contribution in [0.15, 0.2) is 12.1 Å². The zero-order chi connectivity index (χ0) is 11.3. The van der Waals surface area contributed by atoms with Gasteiger partial charge in [0.25, 0.3) is 0 Å². The summed E-state index contributed by atoms with van der Waals surface area (Å²) in [7, 11) is 0. The standard InChI is InChI=1S/C11H8F2O2/c1-2-3-4-15-11-9(12)5-8(7-14)6-10(11)13/h1,5-7H,3-4H2. The van der Waals surface area contributed by atoms with Crippen LogP contribution in [0.25, 0.3) is 0 Å². The zero-order valence-corrected chi connectivity index (χ0v) is 7.80. The number of rotatable bonds is 4. The topological polar surface area (TPSA) is 26.3 Å². The van der Waals surface area contributed by atoms with E-state index >= 15 is 0 Å². The van der Waals surface area contributed by atoms with Gasteiger partial charge in [-0.1, -0.05) is 0 Å². The number of hydrogen-bond donors (Lipinski definition) is 0. The van der Waals surface area contributed by atoms with Crippen molar-refractivity contribution in [1.29, 1.82) is 0 Å². The number of halogens is 2. The van der Waals surface area contributed by atoms with E-state index in [2.05, 4.69) is 5.92 Å². The summed E-state index contributed by atoms with van der Waals surface area (Å²) in [6.45, 7) is 0.0325. The molecule has 0 fully saturated rings. The van der Waals surface area contributed by atoms with E-state index in [1.54, 1.807) is 0 Å². The van der Waals surface area contributed by atoms with Crippen LogP contribution in [0, 0.1) is 24.0 Å². The number of benzene rings is 1. The van der Waals surface area contributed by atoms with E-state index in [1.807, 2.05) is 0 Å². The highest BCUT2D eigenvalue weighted by Crippen LogP contribution is 2.22. The van der Waals surface area contributed by atoms with Crippen LogP contribution < -0.4 is 4.74 Å². The third kappa shape index (κ3) is 2.78. The van der Waals surface area contributed by atoms with Gasteiger partial charge in [-0.2, -0.15) is 0 Å². The number of aldehydes is 1. The molecule has 15 heavy (non-hydrogen) atoms. The fourth-order valence-electron chi connectivity index (χ4n) is 0.997. The maximum absolute atomic E-state index is 13.1. The minimum absolute atomic E-state index is 0.0325. The minimum Gasteiger partial charge on any atom is -0.487 e. The van der Waals surface area contributed by atoms with Crippen LogP contribution in [-0.4, -0.2) is 12.9 Å². The fraction of sp³-hybridized carbons (Fsp3) is 0.182. The third-order valence-electron chi connectivity index (χ3n) is 1.65. The van der Waals surface area contributed by atoms with E-state index in [1.165, 1.54) is 0 Å². The summed E-state index contributed by atoms with van der Waals surface area (Å²) < 4.78 is 31.1. The second kappa shape index (κ2) is 5.11. The molecule has 1 rings (SSSR count). The zero-order valence-electron chi connectivity index (χ0n) is 7.80. The Morgan fingerprint density at radius 1 is 1.40 bits per heavy atom. The van der Waals surface area contributed by atoms with Gasteiger partial charge >= 0.3 is 0 Å². The van der Waals surface area contributed by atoms with Gasteiger partial charge in [-0.15, -0.1) is 12.3 Å². The molecule has 0 bridgehead atoms. The molecule has 0 aliphatic rings. The van der Waals surface area contributed by atoms with Crippen LogP contribution in [-0.2, 0) is 0 Å². The first-order chi connectivity index (χ1) is 7.19. The normalized spacial score (nSPS) is 9.40. The Kier molecular flexibility index (Phi) is 3.81. The molecule has 0 N–H and O–H groups in total. The molecule has 0 unspecified atom stereocenters. The predicted octanol–water partition coefficient (Wildman–Crippen LogP) is 2.18. The molecule has 0 spiro atoms. The molecule has 0 heterocycles. The number of ether oxygens (including phenoxy) is 1. The van der Waals surface area contributed by atoms with Gasteiger partial charge < -0.3 is 4.74 Å². The van der Waals surface area contributed by atoms with Crippen molar-refractivity contribution >= 4 is 6.29 Å². The van der Waals surface area contributed by atoms with Crippen molar-refractivity contribution in [3.63, 3.8) is 0 Å². The Labute approximate surface area is 85.9 Å². The molecule has 4 heteroatoms. The predicted molar refractivity (Wildman–Crippen MR) is 50.7 cm³/mol. The van der Waals surface area contributed by atoms with Crippen LogP contribution in [0.1, 0.15) is 16.8 Å². The van der Waals surface area contributed by atoms with Crippen LogP contribution in [0.3, 0.4) is 0 Å². The maximum Gasteiger partial charge on any atom is 0.190 e. The summed E-state index contributed by atoms with van der Waals surface area (Å²) in [6, 6.07) is 1.81. The lowest BCUT2D eigenvalue weighted by Gasteiger charge is -2.06. The average Bonchev–Trinajstić information content (AvgIpc) is 2.22. The largest absolute Gasteiger partial charge is 0.487 e. The quantitative estimate of drug-likeness (QED) is 0.432. The second-order valence-corrected chi connectivity index (χ2v) is 2.73. The number of carbonyl (C=O) groups excluding carboxylic acids is 1. The fourth-order valence-corrected chi connectivity index (χ4v) is 0.997. The van der Waals surface area contributed by atoms with Crippen molar-refractivity contribution in [1.82, 2.24) is 0 Å². The highest BCUT2D eigenvalue weighted by Gasteiger charge is 2.11. The van der Waals surface area contributed by atoms with Crippen LogP contribution in [0.5, 0.6) is 5.75 Å². The van der Waals surface area contributed by atoms with Crippen LogP contribution in [0.4, 0.5) is 8.78 Å². The van der Waals surface area contributed by atoms with E-state index < -0.39 is 17.4 Å². The SMILES string of the molecule is C#CCCOc1c(F)cc(C=O)cc1F. The van der Waals surface area contributed by atoms with Gasteiger partial charge in [0.2, 0.25) is 0 Å². The average molecular weight is 210 g/mol. The lowest BCUT2D eigenvalue weighted by atomic mass is 10.2. The molecular formula is C11H8F2O2. The van der Waals surface area contributed by atoms with Crippen molar-refractivity contribution in [2.24, 2.45) is 0 Å². The van der Waals surface area contributed by atoms with Gasteiger partial charge in [-0.05, 0) is 12.1 Å². The van der Waals surface area contributed by atoms with Crippen molar-refractivity contribution in [3.8, 4) is 18.1 Å². The van der Waals surface area contributed by atoms with Gasteiger partial charge in [-0.3, -0.25) is 4.79 Å². The molecular weight excluding hydrogens is 202 g/mol. The van der Waals surface area contributed by atoms with Crippen LogP contribution in [0.2, 0.25) is 0 Å². The maximum atomic E-state index is 13.1. The lowest BCUT2D eigenvalue weighted by molar-refractivity contribution is 0.112. The van der Waals surface area contributed by atoms with Gasteiger partial charge in [0.05, 0.1) is 6.61 Å². The molecule has 1 aromatic carbocycles. The molecule has 0 amide bonds. The minimum atomic E-state index is -0.908. The van der Waals surface area contributed by atoms with E-state index in [-0.39, 0.29) is 18.6 Å². The van der Waals surface area contributed by atoms with E-state index in [9.17, 15) is 13.6 Å². The molecule has 0 aromatic heterocycles. The summed E-state index contributed by atoms with van der Waals surface area (Å²) in [5.74, 6) is -0.0469. The second-order valence-electron chi connectivity index (χ2n) is 2.73. The molecule has 1 aromatic rings. The van der Waals surface area contributed by atoms with E-state index in [0.29, 0.717) is 6.29 Å². The Hall–Kier alpha value is -1.89. The number of carbonyl (C=O) groups is 1. The lowest BCUT2D eigenvalue weighted by Crippen LogP contribution is -2.01. The molecule has 0 saturated heterocycles. The van der Waals surface area contributed by atoms with Gasteiger partial charge in [-0.25, -0.2) is 8.78 Å². The van der Waals surface area contributed by atoms with E-state index in [4.69, 9.17) is 11.2 Å². The molecule has 0 saturated carbocycles. The smallest absolute Gasteiger partial charge is 0.190 e. The van der Waals surface area contributed by atoms with Crippen molar-refractivity contribution in [2.75, 3.05) is 6.61 Å². The van der Waals surface area contributed by atoms with Crippen molar-refractivity contribution in [2.45, 2.75) is 6.42 Å². The number of terminal acetylenes is 1. The molecule has 0 radical (unpaired) electrons. The van der Waals surface area contributed by atoms with Gasteiger partial charge in [0.1, 0.15) is 6.29 Å². The summed E-state index contributed by atoms with van der Waals surface area (Å²) in [5, 5.41) is 0. The summed E-state index contributed by atoms with van der Waals surface area (Å²) >= 11 is 0. The Balaban J connectivity index is 2.89. The van der Waals surface area contributed by atoms with Crippen molar-refractivity contribution in [3.05, 3.63) is 29.3 Å². The first kappa shape index (κ1) is 11.2. The Bertz CT molecular complexity index is 385. The van der Waals surface area contributed by atoms with Crippen LogP contribution >= 0.6 is 0 Å². The van der Waals surface area contributed by atoms with E-state index in [0.717, 1.165) is 12.1 Å². The molecule has 0 atom stereocenters. The number of hydrogen-bond acceptors (Lipinski definition) is 2. The Morgan fingerprint density at radius 2 is 2.00 bits per heavy atom. The monoisotopic (exact) mass is 210 g/mol. The van der Waals surface area contributed by atoms with Gasteiger partial charge in [0, 0.05) is 12.0 Å². The Morgan fingerprint density at radius 3 is 2.47 bits per heavy atom. The first-order valence-corrected chi connectivity index (χ1v) is 4.19. The summed E-state index contributed by atoms with van der Waals surface area (Å²) in [4.78, 5) is 10.3. The molecule has 78 valence electrons. The highest BCUT2D eigenvalue weighted by molar-refractivity contribution is 5.75. The third-order valence-corrected chi connectivity index (χ3v) is 1.65. The molecule has 2 nitrogen and oxygen atoms in total. The van der Waals surface area contributed by atoms with Gasteiger partial charge in [0.15, 0.2) is 17.4 Å². The molecule has 0 aliphatic heterocycles. The summed E-state index contributed by atoms with van der Waals surface area (Å²) in [6.07, 6.45) is 5.57. The molecule has 0 aliphatic carbocycles. The summed E-state index contributed by atoms with van der Waals surface area (Å²) in [5.41, 5.74) is -0.0747. The van der Waals surface area contributed by atoms with Crippen molar-refractivity contribution < 1.29 is 18.3 Å². The highest BCUT2D eigenvalue weighted by atomic mass is 19.1. The first-order valence-electron chi connectivity index (χ1n) is 4.19.